The molecule has 0 unspecified atom stereocenters. The topological polar surface area (TPSA) is 85.2 Å². The highest BCUT2D eigenvalue weighted by Gasteiger charge is 2.17. The highest BCUT2D eigenvalue weighted by Crippen LogP contribution is 2.31. The highest BCUT2D eigenvalue weighted by molar-refractivity contribution is 5.84. The van der Waals surface area contributed by atoms with Gasteiger partial charge in [-0.3, -0.25) is 0 Å². The maximum Gasteiger partial charge on any atom is 0.194 e. The molecule has 27 heavy (non-hydrogen) atoms. The van der Waals surface area contributed by atoms with Crippen molar-refractivity contribution in [3.8, 4) is 22.6 Å². The Morgan fingerprint density at radius 1 is 0.889 bits per heavy atom. The largest absolute Gasteiger partial charge is 0.321 e. The summed E-state index contributed by atoms with van der Waals surface area (Å²) in [7, 11) is 0. The number of aromatic nitrogens is 7. The van der Waals surface area contributed by atoms with E-state index in [4.69, 9.17) is 4.98 Å². The molecular weight excluding hydrogens is 338 g/mol. The maximum atomic E-state index is 4.87. The molecule has 2 aromatic carbocycles. The third-order valence-corrected chi connectivity index (χ3v) is 4.43. The van der Waals surface area contributed by atoms with E-state index < -0.39 is 0 Å². The molecule has 3 aromatic heterocycles. The zero-order valence-electron chi connectivity index (χ0n) is 14.3. The molecule has 0 saturated heterocycles. The average molecular weight is 353 g/mol. The number of hydrogen-bond donors (Lipinski definition) is 1. The second kappa shape index (κ2) is 6.45. The van der Waals surface area contributed by atoms with Crippen molar-refractivity contribution in [3.05, 3.63) is 78.9 Å². The molecule has 0 amide bonds. The van der Waals surface area contributed by atoms with Crippen molar-refractivity contribution in [2.75, 3.05) is 0 Å². The van der Waals surface area contributed by atoms with Crippen LogP contribution in [0.1, 0.15) is 5.82 Å². The number of para-hydroxylation sites is 1. The van der Waals surface area contributed by atoms with Gasteiger partial charge in [0.2, 0.25) is 0 Å². The molecule has 0 fully saturated rings. The van der Waals surface area contributed by atoms with E-state index in [-0.39, 0.29) is 0 Å². The summed E-state index contributed by atoms with van der Waals surface area (Å²) in [5.74, 6) is 0.592. The van der Waals surface area contributed by atoms with E-state index in [0.29, 0.717) is 12.4 Å². The third kappa shape index (κ3) is 2.85. The van der Waals surface area contributed by atoms with Crippen molar-refractivity contribution >= 4 is 10.9 Å². The van der Waals surface area contributed by atoms with Crippen LogP contribution in [0.25, 0.3) is 33.5 Å². The monoisotopic (exact) mass is 353 g/mol. The Hall–Kier alpha value is -3.87. The van der Waals surface area contributed by atoms with Gasteiger partial charge in [-0.2, -0.15) is 5.21 Å². The van der Waals surface area contributed by atoms with Gasteiger partial charge >= 0.3 is 0 Å². The molecule has 0 bridgehead atoms. The first kappa shape index (κ1) is 15.4. The minimum Gasteiger partial charge on any atom is -0.321 e. The molecular formula is C20H15N7. The van der Waals surface area contributed by atoms with Crippen LogP contribution >= 0.6 is 0 Å². The summed E-state index contributed by atoms with van der Waals surface area (Å²) >= 11 is 0. The van der Waals surface area contributed by atoms with Crippen molar-refractivity contribution in [3.63, 3.8) is 0 Å². The van der Waals surface area contributed by atoms with Crippen LogP contribution < -0.4 is 0 Å². The Morgan fingerprint density at radius 2 is 1.74 bits per heavy atom. The van der Waals surface area contributed by atoms with Gasteiger partial charge in [0.05, 0.1) is 35.5 Å². The fraction of sp³-hybridized carbons (Fsp3) is 0.0500. The number of nitrogens with one attached hydrogen (secondary N) is 1. The van der Waals surface area contributed by atoms with E-state index in [0.717, 1.165) is 33.5 Å². The van der Waals surface area contributed by atoms with Crippen molar-refractivity contribution in [2.24, 2.45) is 0 Å². The second-order valence-corrected chi connectivity index (χ2v) is 6.15. The first-order valence-electron chi connectivity index (χ1n) is 8.57. The number of fused-ring (bicyclic) bond motifs is 1. The second-order valence-electron chi connectivity index (χ2n) is 6.15. The summed E-state index contributed by atoms with van der Waals surface area (Å²) in [5.41, 5.74) is 4.64. The minimum absolute atomic E-state index is 0.459. The lowest BCUT2D eigenvalue weighted by atomic mass is 10.1. The summed E-state index contributed by atoms with van der Waals surface area (Å²) in [6, 6.07) is 22.3. The van der Waals surface area contributed by atoms with Gasteiger partial charge < -0.3 is 4.57 Å². The van der Waals surface area contributed by atoms with Crippen LogP contribution in [-0.2, 0) is 6.54 Å². The number of H-pyrrole nitrogens is 1. The molecule has 7 heteroatoms. The maximum absolute atomic E-state index is 4.87. The Bertz CT molecular complexity index is 1190. The standard InChI is InChI=1S/C20H15N7/c1-2-7-15(8-3-1)19-20(27(13-21-19)12-18-23-25-26-24-18)17-11-10-14-6-4-5-9-16(14)22-17/h1-11,13H,12H2,(H,23,24,25,26). The lowest BCUT2D eigenvalue weighted by Crippen LogP contribution is -2.04. The van der Waals surface area contributed by atoms with Crippen LogP contribution in [0.3, 0.4) is 0 Å². The number of hydrogen-bond acceptors (Lipinski definition) is 5. The molecule has 0 aliphatic rings. The van der Waals surface area contributed by atoms with Gasteiger partial charge in [0, 0.05) is 10.9 Å². The SMILES string of the molecule is c1ccc(-c2ncn(Cc3nn[nH]n3)c2-c2ccc3ccccc3n2)cc1. The number of nitrogens with zero attached hydrogens (tertiary/aromatic N) is 6. The molecule has 7 nitrogen and oxygen atoms in total. The molecule has 0 aliphatic heterocycles. The number of aromatic amines is 1. The van der Waals surface area contributed by atoms with Gasteiger partial charge in [0.15, 0.2) is 5.82 Å². The predicted molar refractivity (Wildman–Crippen MR) is 102 cm³/mol. The fourth-order valence-corrected chi connectivity index (χ4v) is 3.18. The predicted octanol–water partition coefficient (Wildman–Crippen LogP) is 3.33. The molecule has 0 spiro atoms. The summed E-state index contributed by atoms with van der Waals surface area (Å²) in [6.07, 6.45) is 1.80. The fourth-order valence-electron chi connectivity index (χ4n) is 3.18. The molecule has 130 valence electrons. The number of imidazole rings is 1. The molecule has 1 N–H and O–H groups in total. The molecule has 3 heterocycles. The zero-order chi connectivity index (χ0) is 18.1. The Morgan fingerprint density at radius 3 is 2.59 bits per heavy atom. The van der Waals surface area contributed by atoms with Crippen LogP contribution in [0.5, 0.6) is 0 Å². The lowest BCUT2D eigenvalue weighted by Gasteiger charge is -2.09. The van der Waals surface area contributed by atoms with E-state index in [2.05, 4.69) is 37.7 Å². The van der Waals surface area contributed by atoms with Gasteiger partial charge in [-0.25, -0.2) is 9.97 Å². The molecule has 5 aromatic rings. The number of tetrazole rings is 1. The first-order valence-corrected chi connectivity index (χ1v) is 8.57. The Balaban J connectivity index is 1.70. The minimum atomic E-state index is 0.459. The molecule has 5 rings (SSSR count). The number of benzene rings is 2. The van der Waals surface area contributed by atoms with Gasteiger partial charge in [-0.05, 0) is 12.1 Å². The van der Waals surface area contributed by atoms with Crippen LogP contribution in [0, 0.1) is 0 Å². The van der Waals surface area contributed by atoms with Gasteiger partial charge in [-0.15, -0.1) is 10.2 Å². The van der Waals surface area contributed by atoms with E-state index in [1.54, 1.807) is 6.33 Å². The summed E-state index contributed by atoms with van der Waals surface area (Å²) < 4.78 is 2.00. The van der Waals surface area contributed by atoms with Crippen molar-refractivity contribution in [1.29, 1.82) is 0 Å². The normalized spacial score (nSPS) is 11.1. The molecule has 0 radical (unpaired) electrons. The Labute approximate surface area is 154 Å². The van der Waals surface area contributed by atoms with Gasteiger partial charge in [0.25, 0.3) is 0 Å². The summed E-state index contributed by atoms with van der Waals surface area (Å²) in [6.45, 7) is 0.459. The van der Waals surface area contributed by atoms with Gasteiger partial charge in [0.1, 0.15) is 0 Å². The van der Waals surface area contributed by atoms with Crippen molar-refractivity contribution in [2.45, 2.75) is 6.54 Å². The van der Waals surface area contributed by atoms with E-state index >= 15 is 0 Å². The first-order chi connectivity index (χ1) is 13.4. The van der Waals surface area contributed by atoms with Crippen molar-refractivity contribution in [1.82, 2.24) is 35.2 Å². The van der Waals surface area contributed by atoms with E-state index in [1.165, 1.54) is 0 Å². The van der Waals surface area contributed by atoms with Crippen LogP contribution in [-0.4, -0.2) is 35.2 Å². The van der Waals surface area contributed by atoms with E-state index in [1.807, 2.05) is 59.2 Å². The lowest BCUT2D eigenvalue weighted by molar-refractivity contribution is 0.750. The smallest absolute Gasteiger partial charge is 0.194 e. The zero-order valence-corrected chi connectivity index (χ0v) is 14.3. The molecule has 0 saturated carbocycles. The third-order valence-electron chi connectivity index (χ3n) is 4.43. The summed E-state index contributed by atoms with van der Waals surface area (Å²) in [5, 5.41) is 15.4. The van der Waals surface area contributed by atoms with E-state index in [9.17, 15) is 0 Å². The molecule has 0 aliphatic carbocycles. The highest BCUT2D eigenvalue weighted by atomic mass is 15.5. The van der Waals surface area contributed by atoms with Crippen LogP contribution in [0.15, 0.2) is 73.1 Å². The summed E-state index contributed by atoms with van der Waals surface area (Å²) in [4.78, 5) is 9.53. The number of rotatable bonds is 4. The quantitative estimate of drug-likeness (QED) is 0.536. The average Bonchev–Trinajstić information content (AvgIpc) is 3.39. The Kier molecular flexibility index (Phi) is 3.68. The van der Waals surface area contributed by atoms with Crippen LogP contribution in [0.4, 0.5) is 0 Å². The van der Waals surface area contributed by atoms with Gasteiger partial charge in [-0.1, -0.05) is 59.8 Å². The number of pyridine rings is 1. The van der Waals surface area contributed by atoms with Crippen molar-refractivity contribution < 1.29 is 0 Å². The van der Waals surface area contributed by atoms with Crippen LogP contribution in [0.2, 0.25) is 0 Å². The molecule has 0 atom stereocenters.